The first-order valence-corrected chi connectivity index (χ1v) is 12.4. The van der Waals surface area contributed by atoms with Crippen LogP contribution in [0, 0.1) is 12.7 Å². The van der Waals surface area contributed by atoms with Crippen LogP contribution in [0.15, 0.2) is 42.5 Å². The average molecular weight is 451 g/mol. The number of nitrogens with zero attached hydrogens (tertiary/aromatic N) is 4. The second kappa shape index (κ2) is 9.82. The van der Waals surface area contributed by atoms with E-state index in [4.69, 9.17) is 0 Å². The molecule has 1 aliphatic carbocycles. The van der Waals surface area contributed by atoms with E-state index in [2.05, 4.69) is 43.9 Å². The van der Waals surface area contributed by atoms with Crippen LogP contribution in [0.3, 0.4) is 0 Å². The second-order valence-electron chi connectivity index (χ2n) is 9.78. The molecule has 0 radical (unpaired) electrons. The molecule has 0 atom stereocenters. The maximum absolute atomic E-state index is 13.6. The van der Waals surface area contributed by atoms with E-state index in [0.717, 1.165) is 69.5 Å². The maximum atomic E-state index is 13.6. The molecule has 2 aromatic rings. The number of rotatable bonds is 5. The number of carbonyl (C=O) groups is 1. The lowest BCUT2D eigenvalue weighted by Gasteiger charge is -2.43. The number of benzene rings is 2. The van der Waals surface area contributed by atoms with Gasteiger partial charge in [0, 0.05) is 64.1 Å². The van der Waals surface area contributed by atoms with Gasteiger partial charge in [0.15, 0.2) is 0 Å². The van der Waals surface area contributed by atoms with Crippen molar-refractivity contribution in [2.75, 3.05) is 63.8 Å². The molecule has 0 unspecified atom stereocenters. The highest BCUT2D eigenvalue weighted by molar-refractivity contribution is 5.78. The fraction of sp³-hybridized carbons (Fsp3) is 0.519. The Morgan fingerprint density at radius 1 is 0.879 bits per heavy atom. The van der Waals surface area contributed by atoms with Crippen molar-refractivity contribution in [2.24, 2.45) is 0 Å². The summed E-state index contributed by atoms with van der Waals surface area (Å²) in [5, 5.41) is 0. The number of hydrogen-bond donors (Lipinski definition) is 0. The molecular formula is C27H35FN4O. The van der Waals surface area contributed by atoms with Gasteiger partial charge in [-0.05, 0) is 60.7 Å². The Hall–Kier alpha value is -2.44. The smallest absolute Gasteiger partial charge is 0.236 e. The Labute approximate surface area is 196 Å². The van der Waals surface area contributed by atoms with Crippen LogP contribution in [0.1, 0.15) is 24.8 Å². The van der Waals surface area contributed by atoms with Crippen LogP contribution in [-0.4, -0.2) is 85.6 Å². The third kappa shape index (κ3) is 5.07. The number of aryl methyl sites for hydroxylation is 1. The molecule has 2 aliphatic heterocycles. The van der Waals surface area contributed by atoms with Gasteiger partial charge in [-0.25, -0.2) is 4.39 Å². The van der Waals surface area contributed by atoms with Gasteiger partial charge in [0.05, 0.1) is 6.54 Å². The standard InChI is InChI=1S/C27H35FN4O/c1-21-19-23(7-10-26(21)28)22-5-8-25(9-6-22)30-13-11-29(12-14-30)20-27(33)32-17-15-31(16-18-32)24-3-2-4-24/h5-10,19,24H,2-4,11-18,20H2,1H3. The second-order valence-corrected chi connectivity index (χ2v) is 9.78. The summed E-state index contributed by atoms with van der Waals surface area (Å²) in [5.41, 5.74) is 4.01. The van der Waals surface area contributed by atoms with Gasteiger partial charge in [0.2, 0.25) is 5.91 Å². The molecule has 5 rings (SSSR count). The largest absolute Gasteiger partial charge is 0.369 e. The lowest BCUT2D eigenvalue weighted by atomic mass is 9.91. The first-order chi connectivity index (χ1) is 16.1. The zero-order valence-electron chi connectivity index (χ0n) is 19.7. The highest BCUT2D eigenvalue weighted by atomic mass is 19.1. The number of piperazine rings is 2. The van der Waals surface area contributed by atoms with Crippen molar-refractivity contribution in [1.29, 1.82) is 0 Å². The third-order valence-corrected chi connectivity index (χ3v) is 7.71. The number of amides is 1. The van der Waals surface area contributed by atoms with Crippen molar-refractivity contribution in [3.05, 3.63) is 53.8 Å². The van der Waals surface area contributed by atoms with Gasteiger partial charge in [-0.1, -0.05) is 24.6 Å². The summed E-state index contributed by atoms with van der Waals surface area (Å²) < 4.78 is 13.6. The molecule has 2 heterocycles. The van der Waals surface area contributed by atoms with E-state index in [1.165, 1.54) is 31.0 Å². The lowest BCUT2D eigenvalue weighted by molar-refractivity contribution is -0.134. The minimum Gasteiger partial charge on any atom is -0.369 e. The summed E-state index contributed by atoms with van der Waals surface area (Å²) >= 11 is 0. The Morgan fingerprint density at radius 2 is 1.55 bits per heavy atom. The molecule has 0 aromatic heterocycles. The number of anilines is 1. The fourth-order valence-electron chi connectivity index (χ4n) is 5.23. The van der Waals surface area contributed by atoms with E-state index in [1.54, 1.807) is 6.92 Å². The van der Waals surface area contributed by atoms with E-state index in [-0.39, 0.29) is 11.7 Å². The SMILES string of the molecule is Cc1cc(-c2ccc(N3CCN(CC(=O)N4CCN(C5CCC5)CC4)CC3)cc2)ccc1F. The predicted molar refractivity (Wildman–Crippen MR) is 131 cm³/mol. The predicted octanol–water partition coefficient (Wildman–Crippen LogP) is 3.62. The third-order valence-electron chi connectivity index (χ3n) is 7.71. The van der Waals surface area contributed by atoms with Gasteiger partial charge in [-0.15, -0.1) is 0 Å². The normalized spacial score (nSPS) is 20.7. The molecule has 2 saturated heterocycles. The molecule has 176 valence electrons. The average Bonchev–Trinajstić information content (AvgIpc) is 2.81. The summed E-state index contributed by atoms with van der Waals surface area (Å²) in [5.74, 6) is 0.123. The van der Waals surface area contributed by atoms with Gasteiger partial charge in [0.25, 0.3) is 0 Å². The molecule has 33 heavy (non-hydrogen) atoms. The zero-order chi connectivity index (χ0) is 22.8. The van der Waals surface area contributed by atoms with Crippen LogP contribution in [0.2, 0.25) is 0 Å². The van der Waals surface area contributed by atoms with Gasteiger partial charge in [-0.3, -0.25) is 14.6 Å². The Bertz CT molecular complexity index is 959. The van der Waals surface area contributed by atoms with Crippen molar-refractivity contribution in [3.63, 3.8) is 0 Å². The van der Waals surface area contributed by atoms with Crippen LogP contribution in [0.25, 0.3) is 11.1 Å². The van der Waals surface area contributed by atoms with Crippen LogP contribution in [-0.2, 0) is 4.79 Å². The van der Waals surface area contributed by atoms with Crippen molar-refractivity contribution < 1.29 is 9.18 Å². The molecule has 0 N–H and O–H groups in total. The molecular weight excluding hydrogens is 415 g/mol. The Morgan fingerprint density at radius 3 is 2.15 bits per heavy atom. The quantitative estimate of drug-likeness (QED) is 0.696. The van der Waals surface area contributed by atoms with Crippen LogP contribution >= 0.6 is 0 Å². The zero-order valence-corrected chi connectivity index (χ0v) is 19.7. The van der Waals surface area contributed by atoms with Crippen molar-refractivity contribution in [2.45, 2.75) is 32.2 Å². The summed E-state index contributed by atoms with van der Waals surface area (Å²) in [7, 11) is 0. The number of carbonyl (C=O) groups excluding carboxylic acids is 1. The topological polar surface area (TPSA) is 30.0 Å². The minimum atomic E-state index is -0.164. The van der Waals surface area contributed by atoms with E-state index in [1.807, 2.05) is 12.1 Å². The molecule has 0 bridgehead atoms. The molecule has 1 saturated carbocycles. The van der Waals surface area contributed by atoms with Crippen LogP contribution in [0.5, 0.6) is 0 Å². The monoisotopic (exact) mass is 450 g/mol. The van der Waals surface area contributed by atoms with Gasteiger partial charge in [0.1, 0.15) is 5.82 Å². The summed E-state index contributed by atoms with van der Waals surface area (Å²) in [6.07, 6.45) is 4.05. The lowest BCUT2D eigenvalue weighted by Crippen LogP contribution is -2.56. The highest BCUT2D eigenvalue weighted by Gasteiger charge is 2.30. The fourth-order valence-corrected chi connectivity index (χ4v) is 5.23. The van der Waals surface area contributed by atoms with Gasteiger partial charge in [-0.2, -0.15) is 0 Å². The number of hydrogen-bond acceptors (Lipinski definition) is 4. The Kier molecular flexibility index (Phi) is 6.65. The molecule has 3 fully saturated rings. The van der Waals surface area contributed by atoms with E-state index in [0.29, 0.717) is 12.1 Å². The minimum absolute atomic E-state index is 0.164. The van der Waals surface area contributed by atoms with Crippen molar-refractivity contribution in [3.8, 4) is 11.1 Å². The summed E-state index contributed by atoms with van der Waals surface area (Å²) in [4.78, 5) is 22.2. The molecule has 1 amide bonds. The summed E-state index contributed by atoms with van der Waals surface area (Å²) in [6.45, 7) is 9.86. The van der Waals surface area contributed by atoms with Crippen LogP contribution in [0.4, 0.5) is 10.1 Å². The van der Waals surface area contributed by atoms with Gasteiger partial charge >= 0.3 is 0 Å². The molecule has 0 spiro atoms. The highest BCUT2D eigenvalue weighted by Crippen LogP contribution is 2.27. The first-order valence-electron chi connectivity index (χ1n) is 12.4. The summed E-state index contributed by atoms with van der Waals surface area (Å²) in [6, 6.07) is 14.6. The molecule has 5 nitrogen and oxygen atoms in total. The van der Waals surface area contributed by atoms with Crippen LogP contribution < -0.4 is 4.90 Å². The van der Waals surface area contributed by atoms with Gasteiger partial charge < -0.3 is 9.80 Å². The van der Waals surface area contributed by atoms with E-state index < -0.39 is 0 Å². The number of halogens is 1. The van der Waals surface area contributed by atoms with E-state index in [9.17, 15) is 9.18 Å². The molecule has 3 aliphatic rings. The van der Waals surface area contributed by atoms with Crippen molar-refractivity contribution >= 4 is 11.6 Å². The molecule has 2 aromatic carbocycles. The first kappa shape index (κ1) is 22.4. The Balaban J connectivity index is 1.09. The maximum Gasteiger partial charge on any atom is 0.236 e. The molecule has 6 heteroatoms. The van der Waals surface area contributed by atoms with Crippen molar-refractivity contribution in [1.82, 2.24) is 14.7 Å². The van der Waals surface area contributed by atoms with E-state index >= 15 is 0 Å².